The van der Waals surface area contributed by atoms with E-state index in [0.29, 0.717) is 35.7 Å². The highest BCUT2D eigenvalue weighted by atomic mass is 16.5. The monoisotopic (exact) mass is 354 g/mol. The van der Waals surface area contributed by atoms with Gasteiger partial charge in [-0.1, -0.05) is 0 Å². The number of methoxy groups -OCH3 is 1. The van der Waals surface area contributed by atoms with E-state index in [0.717, 1.165) is 24.8 Å². The Morgan fingerprint density at radius 2 is 2.27 bits per heavy atom. The number of fused-ring (bicyclic) bond motifs is 1. The molecular formula is C19H22N4O3. The zero-order valence-corrected chi connectivity index (χ0v) is 14.7. The minimum absolute atomic E-state index is 0.216. The fraction of sp³-hybridized carbons (Fsp3) is 0.368. The summed E-state index contributed by atoms with van der Waals surface area (Å²) in [4.78, 5) is 19.9. The molecular weight excluding hydrogens is 332 g/mol. The lowest BCUT2D eigenvalue weighted by Crippen LogP contribution is -2.48. The number of aromatic nitrogens is 3. The van der Waals surface area contributed by atoms with Gasteiger partial charge in [-0.05, 0) is 43.0 Å². The number of rotatable bonds is 4. The van der Waals surface area contributed by atoms with E-state index in [1.165, 1.54) is 0 Å². The molecule has 1 atom stereocenters. The van der Waals surface area contributed by atoms with Gasteiger partial charge in [-0.3, -0.25) is 4.79 Å². The van der Waals surface area contributed by atoms with Gasteiger partial charge in [-0.15, -0.1) is 0 Å². The molecule has 1 fully saturated rings. The molecule has 0 saturated carbocycles. The maximum Gasteiger partial charge on any atom is 0.259 e. The molecule has 3 aromatic rings. The number of pyridine rings is 1. The number of H-pyrrole nitrogens is 1. The van der Waals surface area contributed by atoms with E-state index < -0.39 is 5.60 Å². The predicted molar refractivity (Wildman–Crippen MR) is 99.4 cm³/mol. The van der Waals surface area contributed by atoms with Crippen molar-refractivity contribution < 1.29 is 9.84 Å². The predicted octanol–water partition coefficient (Wildman–Crippen LogP) is 1.51. The van der Waals surface area contributed by atoms with E-state index in [-0.39, 0.29) is 5.56 Å². The third-order valence-electron chi connectivity index (χ3n) is 4.92. The minimum atomic E-state index is -0.829. The first kappa shape index (κ1) is 16.8. The molecule has 7 heteroatoms. The molecule has 1 unspecified atom stereocenters. The van der Waals surface area contributed by atoms with Crippen molar-refractivity contribution in [2.75, 3.05) is 20.2 Å². The van der Waals surface area contributed by atoms with Gasteiger partial charge in [0.1, 0.15) is 11.6 Å². The lowest BCUT2D eigenvalue weighted by atomic mass is 9.94. The quantitative estimate of drug-likeness (QED) is 0.661. The third-order valence-corrected chi connectivity index (χ3v) is 4.92. The van der Waals surface area contributed by atoms with Crippen molar-refractivity contribution in [3.05, 3.63) is 47.0 Å². The number of β-amino-alcohol motifs (C(OH)–C–C–N with tert-alkyl or cyclic N) is 1. The van der Waals surface area contributed by atoms with Crippen LogP contribution in [0.1, 0.15) is 12.8 Å². The topological polar surface area (TPSA) is 92.2 Å². The zero-order valence-electron chi connectivity index (χ0n) is 14.7. The molecule has 1 aliphatic rings. The van der Waals surface area contributed by atoms with Gasteiger partial charge in [0.05, 0.1) is 30.3 Å². The fourth-order valence-electron chi connectivity index (χ4n) is 3.56. The molecule has 3 heterocycles. The summed E-state index contributed by atoms with van der Waals surface area (Å²) in [6.07, 6.45) is 5.12. The SMILES string of the molecule is COc1ccc2cc(-c3nccn3CC3(O)CCCNC3)c(=O)[nH]c2c1. The number of piperidine rings is 1. The number of nitrogens with zero attached hydrogens (tertiary/aromatic N) is 2. The van der Waals surface area contributed by atoms with Crippen molar-refractivity contribution in [1.29, 1.82) is 0 Å². The Hall–Kier alpha value is -2.64. The van der Waals surface area contributed by atoms with Crippen LogP contribution in [0.15, 0.2) is 41.5 Å². The first-order chi connectivity index (χ1) is 12.6. The summed E-state index contributed by atoms with van der Waals surface area (Å²) >= 11 is 0. The Labute approximate surface area is 150 Å². The van der Waals surface area contributed by atoms with Crippen LogP contribution >= 0.6 is 0 Å². The average molecular weight is 354 g/mol. The summed E-state index contributed by atoms with van der Waals surface area (Å²) in [6.45, 7) is 1.86. The number of benzene rings is 1. The molecule has 0 radical (unpaired) electrons. The lowest BCUT2D eigenvalue weighted by Gasteiger charge is -2.33. The smallest absolute Gasteiger partial charge is 0.259 e. The molecule has 26 heavy (non-hydrogen) atoms. The van der Waals surface area contributed by atoms with Crippen molar-refractivity contribution in [1.82, 2.24) is 19.9 Å². The molecule has 0 amide bonds. The number of nitrogens with one attached hydrogen (secondary N) is 2. The number of aliphatic hydroxyl groups is 1. The van der Waals surface area contributed by atoms with Crippen LogP contribution < -0.4 is 15.6 Å². The highest BCUT2D eigenvalue weighted by Crippen LogP contribution is 2.24. The number of imidazole rings is 1. The van der Waals surface area contributed by atoms with Gasteiger partial charge in [-0.2, -0.15) is 0 Å². The molecule has 3 N–H and O–H groups in total. The molecule has 0 aliphatic carbocycles. The highest BCUT2D eigenvalue weighted by molar-refractivity contribution is 5.83. The summed E-state index contributed by atoms with van der Waals surface area (Å²) < 4.78 is 7.06. The van der Waals surface area contributed by atoms with E-state index >= 15 is 0 Å². The van der Waals surface area contributed by atoms with Gasteiger partial charge < -0.3 is 24.7 Å². The van der Waals surface area contributed by atoms with Crippen molar-refractivity contribution >= 4 is 10.9 Å². The Morgan fingerprint density at radius 3 is 3.04 bits per heavy atom. The van der Waals surface area contributed by atoms with Crippen LogP contribution in [0.3, 0.4) is 0 Å². The second-order valence-corrected chi connectivity index (χ2v) is 6.85. The van der Waals surface area contributed by atoms with Gasteiger partial charge >= 0.3 is 0 Å². The van der Waals surface area contributed by atoms with Crippen LogP contribution in [0.25, 0.3) is 22.3 Å². The van der Waals surface area contributed by atoms with Crippen molar-refractivity contribution in [3.8, 4) is 17.1 Å². The molecule has 0 bridgehead atoms. The van der Waals surface area contributed by atoms with Gasteiger partial charge in [0.15, 0.2) is 0 Å². The van der Waals surface area contributed by atoms with E-state index in [4.69, 9.17) is 4.74 Å². The van der Waals surface area contributed by atoms with Gasteiger partial charge in [0.25, 0.3) is 5.56 Å². The normalized spacial score (nSPS) is 20.4. The van der Waals surface area contributed by atoms with Crippen LogP contribution in [0.2, 0.25) is 0 Å². The maximum atomic E-state index is 12.6. The van der Waals surface area contributed by atoms with Gasteiger partial charge in [0, 0.05) is 25.0 Å². The molecule has 1 aliphatic heterocycles. The molecule has 2 aromatic heterocycles. The molecule has 4 rings (SSSR count). The molecule has 1 saturated heterocycles. The summed E-state index contributed by atoms with van der Waals surface area (Å²) in [5, 5.41) is 14.9. The van der Waals surface area contributed by atoms with Crippen LogP contribution in [0, 0.1) is 0 Å². The Bertz CT molecular complexity index is 986. The third kappa shape index (κ3) is 3.11. The number of aromatic amines is 1. The van der Waals surface area contributed by atoms with Crippen molar-refractivity contribution in [2.24, 2.45) is 0 Å². The Kier molecular flexibility index (Phi) is 4.26. The molecule has 7 nitrogen and oxygen atoms in total. The van der Waals surface area contributed by atoms with Crippen molar-refractivity contribution in [3.63, 3.8) is 0 Å². The second kappa shape index (κ2) is 6.59. The molecule has 0 spiro atoms. The fourth-order valence-corrected chi connectivity index (χ4v) is 3.56. The van der Waals surface area contributed by atoms with Gasteiger partial charge in [0.2, 0.25) is 0 Å². The van der Waals surface area contributed by atoms with E-state index in [2.05, 4.69) is 15.3 Å². The molecule has 1 aromatic carbocycles. The van der Waals surface area contributed by atoms with Crippen LogP contribution in [-0.4, -0.2) is 45.4 Å². The Morgan fingerprint density at radius 1 is 1.38 bits per heavy atom. The number of hydrogen-bond donors (Lipinski definition) is 3. The van der Waals surface area contributed by atoms with E-state index in [9.17, 15) is 9.90 Å². The minimum Gasteiger partial charge on any atom is -0.497 e. The van der Waals surface area contributed by atoms with Gasteiger partial charge in [-0.25, -0.2) is 4.98 Å². The summed E-state index contributed by atoms with van der Waals surface area (Å²) in [6, 6.07) is 7.38. The zero-order chi connectivity index (χ0) is 18.1. The summed E-state index contributed by atoms with van der Waals surface area (Å²) in [5.41, 5.74) is 0.156. The molecule has 136 valence electrons. The van der Waals surface area contributed by atoms with Crippen LogP contribution in [0.4, 0.5) is 0 Å². The number of ether oxygens (including phenoxy) is 1. The largest absolute Gasteiger partial charge is 0.497 e. The lowest BCUT2D eigenvalue weighted by molar-refractivity contribution is 0.00105. The first-order valence-corrected chi connectivity index (χ1v) is 8.74. The van der Waals surface area contributed by atoms with Crippen LogP contribution in [0.5, 0.6) is 5.75 Å². The van der Waals surface area contributed by atoms with Crippen molar-refractivity contribution in [2.45, 2.75) is 25.0 Å². The summed E-state index contributed by atoms with van der Waals surface area (Å²) in [5.74, 6) is 1.25. The second-order valence-electron chi connectivity index (χ2n) is 6.85. The average Bonchev–Trinajstić information content (AvgIpc) is 3.08. The number of hydrogen-bond acceptors (Lipinski definition) is 5. The maximum absolute atomic E-state index is 12.6. The van der Waals surface area contributed by atoms with E-state index in [1.807, 2.05) is 22.8 Å². The Balaban J connectivity index is 1.73. The van der Waals surface area contributed by atoms with E-state index in [1.54, 1.807) is 25.6 Å². The standard InChI is InChI=1S/C19H22N4O3/c1-26-14-4-3-13-9-15(18(24)22-16(13)10-14)17-21-7-8-23(17)12-19(25)5-2-6-20-11-19/h3-4,7-10,20,25H,2,5-6,11-12H2,1H3,(H,22,24). The summed E-state index contributed by atoms with van der Waals surface area (Å²) in [7, 11) is 1.59. The highest BCUT2D eigenvalue weighted by Gasteiger charge is 2.30. The first-order valence-electron chi connectivity index (χ1n) is 8.74. The van der Waals surface area contributed by atoms with Crippen LogP contribution in [-0.2, 0) is 6.54 Å².